The molecule has 5 heteroatoms. The van der Waals surface area contributed by atoms with Crippen molar-refractivity contribution in [1.29, 1.82) is 0 Å². The summed E-state index contributed by atoms with van der Waals surface area (Å²) in [5.74, 6) is -0.353. The number of ketones is 1. The Morgan fingerprint density at radius 1 is 1.28 bits per heavy atom. The molecule has 0 fully saturated rings. The van der Waals surface area contributed by atoms with E-state index in [0.29, 0.717) is 0 Å². The van der Waals surface area contributed by atoms with Crippen LogP contribution in [0, 0.1) is 0 Å². The molecule has 0 saturated carbocycles. The van der Waals surface area contributed by atoms with Crippen molar-refractivity contribution in [2.45, 2.75) is 32.5 Å². The number of rotatable bonds is 5. The van der Waals surface area contributed by atoms with Crippen LogP contribution in [0.2, 0.25) is 0 Å². The van der Waals surface area contributed by atoms with E-state index in [1.807, 2.05) is 0 Å². The van der Waals surface area contributed by atoms with Gasteiger partial charge >= 0.3 is 6.18 Å². The summed E-state index contributed by atoms with van der Waals surface area (Å²) < 4.78 is 43.7. The predicted molar refractivity (Wildman–Crippen MR) is 61.1 cm³/mol. The SMILES string of the molecule is CCOC(C(=O)CC)c1ccccc1C(F)(F)F. The lowest BCUT2D eigenvalue weighted by Crippen LogP contribution is -2.20. The molecule has 1 unspecified atom stereocenters. The van der Waals surface area contributed by atoms with E-state index in [-0.39, 0.29) is 24.4 Å². The molecule has 18 heavy (non-hydrogen) atoms. The smallest absolute Gasteiger partial charge is 0.366 e. The third kappa shape index (κ3) is 3.32. The molecule has 0 aliphatic carbocycles. The number of carbonyl (C=O) groups is 1. The van der Waals surface area contributed by atoms with Gasteiger partial charge in [0.1, 0.15) is 6.10 Å². The van der Waals surface area contributed by atoms with Crippen molar-refractivity contribution < 1.29 is 22.7 Å². The van der Waals surface area contributed by atoms with E-state index in [1.165, 1.54) is 18.2 Å². The highest BCUT2D eigenvalue weighted by Crippen LogP contribution is 2.36. The molecule has 1 atom stereocenters. The van der Waals surface area contributed by atoms with Gasteiger partial charge in [-0.05, 0) is 13.0 Å². The van der Waals surface area contributed by atoms with Gasteiger partial charge in [-0.1, -0.05) is 25.1 Å². The highest BCUT2D eigenvalue weighted by Gasteiger charge is 2.36. The Morgan fingerprint density at radius 3 is 2.39 bits per heavy atom. The number of alkyl halides is 3. The van der Waals surface area contributed by atoms with Gasteiger partial charge in [0.05, 0.1) is 5.56 Å². The zero-order chi connectivity index (χ0) is 13.8. The molecule has 0 aliphatic rings. The average Bonchev–Trinajstić information content (AvgIpc) is 2.34. The quantitative estimate of drug-likeness (QED) is 0.805. The topological polar surface area (TPSA) is 26.3 Å². The van der Waals surface area contributed by atoms with Crippen molar-refractivity contribution in [3.63, 3.8) is 0 Å². The monoisotopic (exact) mass is 260 g/mol. The molecule has 0 saturated heterocycles. The highest BCUT2D eigenvalue weighted by molar-refractivity contribution is 5.84. The van der Waals surface area contributed by atoms with Crippen LogP contribution < -0.4 is 0 Å². The highest BCUT2D eigenvalue weighted by atomic mass is 19.4. The minimum Gasteiger partial charge on any atom is -0.366 e. The second-order valence-corrected chi connectivity index (χ2v) is 3.74. The van der Waals surface area contributed by atoms with Gasteiger partial charge < -0.3 is 4.74 Å². The first-order valence-corrected chi connectivity index (χ1v) is 5.72. The summed E-state index contributed by atoms with van der Waals surface area (Å²) in [5.41, 5.74) is -0.927. The van der Waals surface area contributed by atoms with E-state index in [0.717, 1.165) is 6.07 Å². The van der Waals surface area contributed by atoms with E-state index in [2.05, 4.69) is 0 Å². The summed E-state index contributed by atoms with van der Waals surface area (Å²) in [6.07, 6.45) is -5.49. The van der Waals surface area contributed by atoms with Crippen molar-refractivity contribution in [3.8, 4) is 0 Å². The van der Waals surface area contributed by atoms with E-state index in [1.54, 1.807) is 13.8 Å². The molecule has 0 radical (unpaired) electrons. The number of hydrogen-bond acceptors (Lipinski definition) is 2. The number of carbonyl (C=O) groups excluding carboxylic acids is 1. The third-order valence-corrected chi connectivity index (χ3v) is 2.52. The molecule has 0 N–H and O–H groups in total. The zero-order valence-corrected chi connectivity index (χ0v) is 10.3. The van der Waals surface area contributed by atoms with E-state index >= 15 is 0 Å². The van der Waals surface area contributed by atoms with E-state index in [9.17, 15) is 18.0 Å². The maximum Gasteiger partial charge on any atom is 0.416 e. The summed E-state index contributed by atoms with van der Waals surface area (Å²) in [6.45, 7) is 3.43. The molecule has 1 aromatic rings. The number of halogens is 3. The largest absolute Gasteiger partial charge is 0.416 e. The summed E-state index contributed by atoms with van der Waals surface area (Å²) in [7, 11) is 0. The van der Waals surface area contributed by atoms with Gasteiger partial charge in [-0.15, -0.1) is 0 Å². The Balaban J connectivity index is 3.24. The van der Waals surface area contributed by atoms with Gasteiger partial charge in [0.15, 0.2) is 5.78 Å². The summed E-state index contributed by atoms with van der Waals surface area (Å²) in [4.78, 5) is 11.7. The van der Waals surface area contributed by atoms with Gasteiger partial charge in [0.25, 0.3) is 0 Å². The second kappa shape index (κ2) is 6.00. The maximum absolute atomic E-state index is 12.8. The molecular weight excluding hydrogens is 245 g/mol. The minimum absolute atomic E-state index is 0.112. The van der Waals surface area contributed by atoms with Crippen LogP contribution in [0.4, 0.5) is 13.2 Å². The van der Waals surface area contributed by atoms with Crippen molar-refractivity contribution in [3.05, 3.63) is 35.4 Å². The van der Waals surface area contributed by atoms with Gasteiger partial charge in [-0.3, -0.25) is 4.79 Å². The minimum atomic E-state index is -4.49. The number of ether oxygens (including phenoxy) is 1. The van der Waals surface area contributed by atoms with Gasteiger partial charge in [-0.25, -0.2) is 0 Å². The molecule has 1 rings (SSSR count). The van der Waals surface area contributed by atoms with Crippen LogP contribution in [0.5, 0.6) is 0 Å². The normalized spacial score (nSPS) is 13.4. The molecule has 0 spiro atoms. The Labute approximate surface area is 104 Å². The van der Waals surface area contributed by atoms with Crippen LogP contribution in [-0.4, -0.2) is 12.4 Å². The summed E-state index contributed by atoms with van der Waals surface area (Å²) in [6, 6.07) is 5.02. The standard InChI is InChI=1S/C13H15F3O2/c1-3-11(17)12(18-4-2)9-7-5-6-8-10(9)13(14,15)16/h5-8,12H,3-4H2,1-2H3. The van der Waals surface area contributed by atoms with E-state index in [4.69, 9.17) is 4.74 Å². The third-order valence-electron chi connectivity index (χ3n) is 2.52. The zero-order valence-electron chi connectivity index (χ0n) is 10.3. The fourth-order valence-electron chi connectivity index (χ4n) is 1.69. The van der Waals surface area contributed by atoms with Crippen LogP contribution in [0.25, 0.3) is 0 Å². The van der Waals surface area contributed by atoms with Crippen LogP contribution in [0.15, 0.2) is 24.3 Å². The van der Waals surface area contributed by atoms with Gasteiger partial charge in [-0.2, -0.15) is 13.2 Å². The van der Waals surface area contributed by atoms with Crippen LogP contribution in [0.1, 0.15) is 37.5 Å². The molecule has 0 aliphatic heterocycles. The predicted octanol–water partition coefficient (Wildman–Crippen LogP) is 3.76. The molecule has 100 valence electrons. The Kier molecular flexibility index (Phi) is 4.90. The van der Waals surface area contributed by atoms with Gasteiger partial charge in [0.2, 0.25) is 0 Å². The number of hydrogen-bond donors (Lipinski definition) is 0. The molecule has 0 amide bonds. The molecule has 1 aromatic carbocycles. The van der Waals surface area contributed by atoms with Crippen LogP contribution >= 0.6 is 0 Å². The lowest BCUT2D eigenvalue weighted by atomic mass is 9.98. The summed E-state index contributed by atoms with van der Waals surface area (Å²) >= 11 is 0. The van der Waals surface area contributed by atoms with Crippen LogP contribution in [0.3, 0.4) is 0 Å². The fourth-order valence-corrected chi connectivity index (χ4v) is 1.69. The van der Waals surface area contributed by atoms with Gasteiger partial charge in [0, 0.05) is 18.6 Å². The molecule has 0 heterocycles. The van der Waals surface area contributed by atoms with Crippen molar-refractivity contribution in [2.75, 3.05) is 6.61 Å². The Morgan fingerprint density at radius 2 is 1.89 bits per heavy atom. The fraction of sp³-hybridized carbons (Fsp3) is 0.462. The molecule has 0 bridgehead atoms. The number of benzene rings is 1. The molecule has 2 nitrogen and oxygen atoms in total. The molecular formula is C13H15F3O2. The van der Waals surface area contributed by atoms with Crippen molar-refractivity contribution >= 4 is 5.78 Å². The second-order valence-electron chi connectivity index (χ2n) is 3.74. The Hall–Kier alpha value is -1.36. The first kappa shape index (κ1) is 14.7. The van der Waals surface area contributed by atoms with Crippen LogP contribution in [-0.2, 0) is 15.7 Å². The summed E-state index contributed by atoms with van der Waals surface area (Å²) in [5, 5.41) is 0. The first-order chi connectivity index (χ1) is 8.41. The lowest BCUT2D eigenvalue weighted by molar-refractivity contribution is -0.141. The van der Waals surface area contributed by atoms with Crippen molar-refractivity contribution in [2.24, 2.45) is 0 Å². The van der Waals surface area contributed by atoms with E-state index < -0.39 is 17.8 Å². The van der Waals surface area contributed by atoms with Crippen molar-refractivity contribution in [1.82, 2.24) is 0 Å². The Bertz CT molecular complexity index is 413. The lowest BCUT2D eigenvalue weighted by Gasteiger charge is -2.20. The number of Topliss-reactive ketones (excluding diaryl/α,β-unsaturated/α-hetero) is 1. The first-order valence-electron chi connectivity index (χ1n) is 5.72. The maximum atomic E-state index is 12.8. The average molecular weight is 260 g/mol. The molecule has 0 aromatic heterocycles.